The van der Waals surface area contributed by atoms with Gasteiger partial charge in [-0.15, -0.1) is 0 Å². The third-order valence-corrected chi connectivity index (χ3v) is 4.98. The van der Waals surface area contributed by atoms with E-state index in [0.717, 1.165) is 20.5 Å². The number of benzene rings is 2. The summed E-state index contributed by atoms with van der Waals surface area (Å²) in [5, 5.41) is 0. The molecule has 18 heavy (non-hydrogen) atoms. The molecule has 4 heteroatoms. The summed E-state index contributed by atoms with van der Waals surface area (Å²) in [5.74, 6) is 0.506. The molecule has 2 rings (SSSR count). The molecule has 0 radical (unpaired) electrons. The molecule has 0 aliphatic rings. The first kappa shape index (κ1) is 13.3. The number of nitrogen functional groups attached to an aromatic ring is 1. The van der Waals surface area contributed by atoms with Crippen LogP contribution in [0.5, 0.6) is 0 Å². The van der Waals surface area contributed by atoms with Crippen molar-refractivity contribution in [2.75, 3.05) is 5.73 Å². The van der Waals surface area contributed by atoms with E-state index in [0.29, 0.717) is 11.4 Å². The number of hydrogen-bond acceptors (Lipinski definition) is 2. The zero-order valence-corrected chi connectivity index (χ0v) is 12.4. The van der Waals surface area contributed by atoms with Gasteiger partial charge in [0.25, 0.3) is 0 Å². The smallest absolute Gasteiger partial charge is 0.0577 e. The Morgan fingerprint density at radius 2 is 1.94 bits per heavy atom. The van der Waals surface area contributed by atoms with E-state index in [1.165, 1.54) is 0 Å². The Bertz CT molecular complexity index is 598. The first-order chi connectivity index (χ1) is 8.58. The molecule has 0 fully saturated rings. The van der Waals surface area contributed by atoms with Crippen molar-refractivity contribution < 1.29 is 4.21 Å². The van der Waals surface area contributed by atoms with Crippen LogP contribution in [-0.2, 0) is 16.6 Å². The van der Waals surface area contributed by atoms with E-state index < -0.39 is 10.8 Å². The zero-order valence-electron chi connectivity index (χ0n) is 10.0. The summed E-state index contributed by atoms with van der Waals surface area (Å²) < 4.78 is 13.3. The van der Waals surface area contributed by atoms with Crippen LogP contribution in [0.15, 0.2) is 51.8 Å². The summed E-state index contributed by atoms with van der Waals surface area (Å²) in [6, 6.07) is 13.3. The maximum absolute atomic E-state index is 12.3. The van der Waals surface area contributed by atoms with Crippen molar-refractivity contribution in [3.63, 3.8) is 0 Å². The summed E-state index contributed by atoms with van der Waals surface area (Å²) in [5.41, 5.74) is 8.42. The van der Waals surface area contributed by atoms with Crippen LogP contribution < -0.4 is 5.73 Å². The van der Waals surface area contributed by atoms with Gasteiger partial charge in [0.2, 0.25) is 0 Å². The summed E-state index contributed by atoms with van der Waals surface area (Å²) >= 11 is 3.47. The molecule has 0 aliphatic heterocycles. The number of anilines is 1. The fraction of sp³-hybridized carbons (Fsp3) is 0.143. The second kappa shape index (κ2) is 5.67. The Balaban J connectivity index is 2.25. The Kier molecular flexibility index (Phi) is 4.19. The predicted molar refractivity (Wildman–Crippen MR) is 79.8 cm³/mol. The van der Waals surface area contributed by atoms with Crippen LogP contribution in [-0.4, -0.2) is 4.21 Å². The van der Waals surface area contributed by atoms with E-state index in [4.69, 9.17) is 5.73 Å². The Labute approximate surface area is 118 Å². The minimum absolute atomic E-state index is 0.506. The summed E-state index contributed by atoms with van der Waals surface area (Å²) in [7, 11) is -1.05. The second-order valence-corrected chi connectivity index (χ2v) is 6.38. The molecule has 0 saturated heterocycles. The zero-order chi connectivity index (χ0) is 13.1. The Morgan fingerprint density at radius 3 is 2.61 bits per heavy atom. The van der Waals surface area contributed by atoms with E-state index >= 15 is 0 Å². The number of halogens is 1. The average molecular weight is 324 g/mol. The standard InChI is InChI=1S/C14H14BrNOS/c1-10-8-12(16)6-7-14(10)18(17)9-11-4-2-3-5-13(11)15/h2-8H,9,16H2,1H3. The molecule has 1 atom stereocenters. The second-order valence-electron chi connectivity index (χ2n) is 4.11. The maximum atomic E-state index is 12.3. The fourth-order valence-corrected chi connectivity index (χ4v) is 3.70. The molecular weight excluding hydrogens is 310 g/mol. The average Bonchev–Trinajstić information content (AvgIpc) is 2.32. The highest BCUT2D eigenvalue weighted by atomic mass is 79.9. The molecule has 2 nitrogen and oxygen atoms in total. The van der Waals surface area contributed by atoms with Crippen molar-refractivity contribution in [1.82, 2.24) is 0 Å². The lowest BCUT2D eigenvalue weighted by molar-refractivity contribution is 0.682. The molecule has 0 saturated carbocycles. The van der Waals surface area contributed by atoms with E-state index in [2.05, 4.69) is 15.9 Å². The Hall–Kier alpha value is -1.13. The topological polar surface area (TPSA) is 43.1 Å². The van der Waals surface area contributed by atoms with Crippen LogP contribution in [0, 0.1) is 6.92 Å². The third kappa shape index (κ3) is 3.00. The van der Waals surface area contributed by atoms with Crippen molar-refractivity contribution in [2.45, 2.75) is 17.6 Å². The van der Waals surface area contributed by atoms with Gasteiger partial charge in [-0.05, 0) is 42.3 Å². The number of rotatable bonds is 3. The van der Waals surface area contributed by atoms with Gasteiger partial charge >= 0.3 is 0 Å². The minimum atomic E-state index is -1.05. The van der Waals surface area contributed by atoms with Gasteiger partial charge in [-0.3, -0.25) is 4.21 Å². The maximum Gasteiger partial charge on any atom is 0.0577 e. The predicted octanol–water partition coefficient (Wildman–Crippen LogP) is 3.65. The molecule has 0 amide bonds. The molecule has 94 valence electrons. The molecule has 1 unspecified atom stereocenters. The van der Waals surface area contributed by atoms with Gasteiger partial charge in [0.15, 0.2) is 0 Å². The van der Waals surface area contributed by atoms with Crippen LogP contribution in [0.3, 0.4) is 0 Å². The Morgan fingerprint density at radius 1 is 1.22 bits per heavy atom. The quantitative estimate of drug-likeness (QED) is 0.876. The van der Waals surface area contributed by atoms with Gasteiger partial charge in [-0.2, -0.15) is 0 Å². The van der Waals surface area contributed by atoms with Crippen LogP contribution in [0.4, 0.5) is 5.69 Å². The molecular formula is C14H14BrNOS. The molecule has 2 N–H and O–H groups in total. The molecule has 0 spiro atoms. The normalized spacial score (nSPS) is 12.3. The monoisotopic (exact) mass is 323 g/mol. The highest BCUT2D eigenvalue weighted by Gasteiger charge is 2.10. The third-order valence-electron chi connectivity index (χ3n) is 2.69. The van der Waals surface area contributed by atoms with Crippen molar-refractivity contribution >= 4 is 32.4 Å². The molecule has 0 heterocycles. The molecule has 0 bridgehead atoms. The number of aryl methyl sites for hydroxylation is 1. The molecule has 0 aromatic heterocycles. The van der Waals surface area contributed by atoms with Gasteiger partial charge in [0.05, 0.1) is 16.6 Å². The highest BCUT2D eigenvalue weighted by molar-refractivity contribution is 9.10. The van der Waals surface area contributed by atoms with E-state index in [-0.39, 0.29) is 0 Å². The summed E-state index contributed by atoms with van der Waals surface area (Å²) in [6.07, 6.45) is 0. The lowest BCUT2D eigenvalue weighted by atomic mass is 10.2. The highest BCUT2D eigenvalue weighted by Crippen LogP contribution is 2.22. The fourth-order valence-electron chi connectivity index (χ4n) is 1.76. The molecule has 0 aliphatic carbocycles. The van der Waals surface area contributed by atoms with Gasteiger partial charge < -0.3 is 5.73 Å². The largest absolute Gasteiger partial charge is 0.399 e. The van der Waals surface area contributed by atoms with Gasteiger partial charge in [0, 0.05) is 15.1 Å². The van der Waals surface area contributed by atoms with Gasteiger partial charge in [-0.25, -0.2) is 0 Å². The lowest BCUT2D eigenvalue weighted by Gasteiger charge is -2.08. The molecule has 2 aromatic carbocycles. The number of nitrogens with two attached hydrogens (primary N) is 1. The van der Waals surface area contributed by atoms with Crippen molar-refractivity contribution in [1.29, 1.82) is 0 Å². The van der Waals surface area contributed by atoms with E-state index in [1.807, 2.05) is 43.3 Å². The van der Waals surface area contributed by atoms with Crippen LogP contribution in [0.1, 0.15) is 11.1 Å². The van der Waals surface area contributed by atoms with Crippen LogP contribution >= 0.6 is 15.9 Å². The van der Waals surface area contributed by atoms with E-state index in [1.54, 1.807) is 6.07 Å². The van der Waals surface area contributed by atoms with Crippen molar-refractivity contribution in [2.24, 2.45) is 0 Å². The summed E-state index contributed by atoms with van der Waals surface area (Å²) in [4.78, 5) is 0.847. The van der Waals surface area contributed by atoms with Crippen LogP contribution in [0.2, 0.25) is 0 Å². The first-order valence-corrected chi connectivity index (χ1v) is 7.67. The van der Waals surface area contributed by atoms with Crippen LogP contribution in [0.25, 0.3) is 0 Å². The SMILES string of the molecule is Cc1cc(N)ccc1S(=O)Cc1ccccc1Br. The minimum Gasteiger partial charge on any atom is -0.399 e. The molecule has 2 aromatic rings. The van der Waals surface area contributed by atoms with Crippen molar-refractivity contribution in [3.8, 4) is 0 Å². The summed E-state index contributed by atoms with van der Waals surface area (Å²) in [6.45, 7) is 1.93. The van der Waals surface area contributed by atoms with Crippen molar-refractivity contribution in [3.05, 3.63) is 58.1 Å². The van der Waals surface area contributed by atoms with E-state index in [9.17, 15) is 4.21 Å². The lowest BCUT2D eigenvalue weighted by Crippen LogP contribution is -2.00. The van der Waals surface area contributed by atoms with Gasteiger partial charge in [-0.1, -0.05) is 34.1 Å². The van der Waals surface area contributed by atoms with Gasteiger partial charge in [0.1, 0.15) is 0 Å². The number of hydrogen-bond donors (Lipinski definition) is 1. The first-order valence-electron chi connectivity index (χ1n) is 5.56.